The standard InChI is InChI=1S/C18H28N2O3/c1-11-6-13(7-12(2)16(11)21)10-19-14-8-15(9-14)20-17(22)23-18(3,4)5/h6-7,14-15,19,21H,8-10H2,1-5H3,(H,20,22). The van der Waals surface area contributed by atoms with Gasteiger partial charge in [-0.1, -0.05) is 12.1 Å². The molecule has 1 saturated carbocycles. The molecule has 0 saturated heterocycles. The summed E-state index contributed by atoms with van der Waals surface area (Å²) in [6.45, 7) is 10.2. The molecular formula is C18H28N2O3. The normalized spacial score (nSPS) is 20.7. The molecule has 128 valence electrons. The first-order valence-corrected chi connectivity index (χ1v) is 8.16. The molecule has 0 radical (unpaired) electrons. The molecule has 1 aliphatic rings. The molecule has 1 amide bonds. The van der Waals surface area contributed by atoms with Gasteiger partial charge in [-0.3, -0.25) is 0 Å². The molecule has 0 spiro atoms. The van der Waals surface area contributed by atoms with Crippen molar-refractivity contribution in [1.82, 2.24) is 10.6 Å². The van der Waals surface area contributed by atoms with E-state index in [1.165, 1.54) is 5.56 Å². The summed E-state index contributed by atoms with van der Waals surface area (Å²) < 4.78 is 5.25. The van der Waals surface area contributed by atoms with Crippen LogP contribution in [0.15, 0.2) is 12.1 Å². The topological polar surface area (TPSA) is 70.6 Å². The zero-order chi connectivity index (χ0) is 17.2. The van der Waals surface area contributed by atoms with E-state index in [0.29, 0.717) is 11.8 Å². The minimum atomic E-state index is -0.458. The molecule has 0 atom stereocenters. The molecule has 0 bridgehead atoms. The summed E-state index contributed by atoms with van der Waals surface area (Å²) >= 11 is 0. The smallest absolute Gasteiger partial charge is 0.407 e. The van der Waals surface area contributed by atoms with E-state index < -0.39 is 5.60 Å². The van der Waals surface area contributed by atoms with Gasteiger partial charge in [0.1, 0.15) is 11.4 Å². The number of hydrogen-bond donors (Lipinski definition) is 3. The van der Waals surface area contributed by atoms with Crippen molar-refractivity contribution in [2.75, 3.05) is 0 Å². The Bertz CT molecular complexity index is 549. The number of aryl methyl sites for hydroxylation is 2. The van der Waals surface area contributed by atoms with Gasteiger partial charge in [-0.25, -0.2) is 4.79 Å². The Morgan fingerprint density at radius 3 is 2.30 bits per heavy atom. The van der Waals surface area contributed by atoms with Crippen LogP contribution < -0.4 is 10.6 Å². The van der Waals surface area contributed by atoms with Crippen molar-refractivity contribution in [1.29, 1.82) is 0 Å². The monoisotopic (exact) mass is 320 g/mol. The van der Waals surface area contributed by atoms with Gasteiger partial charge in [0.15, 0.2) is 0 Å². The molecule has 0 heterocycles. The number of ether oxygens (including phenoxy) is 1. The van der Waals surface area contributed by atoms with Crippen LogP contribution in [0, 0.1) is 13.8 Å². The lowest BCUT2D eigenvalue weighted by molar-refractivity contribution is 0.0465. The summed E-state index contributed by atoms with van der Waals surface area (Å²) in [5, 5.41) is 16.2. The van der Waals surface area contributed by atoms with Crippen LogP contribution in [0.1, 0.15) is 50.3 Å². The Hall–Kier alpha value is -1.75. The van der Waals surface area contributed by atoms with Crippen LogP contribution in [0.3, 0.4) is 0 Å². The second-order valence-electron chi connectivity index (χ2n) is 7.47. The lowest BCUT2D eigenvalue weighted by Gasteiger charge is -2.36. The van der Waals surface area contributed by atoms with Gasteiger partial charge in [-0.15, -0.1) is 0 Å². The van der Waals surface area contributed by atoms with Gasteiger partial charge in [-0.05, 0) is 64.2 Å². The van der Waals surface area contributed by atoms with Crippen molar-refractivity contribution in [2.24, 2.45) is 0 Å². The highest BCUT2D eigenvalue weighted by Crippen LogP contribution is 2.24. The van der Waals surface area contributed by atoms with Crippen LogP contribution in [0.4, 0.5) is 4.79 Å². The largest absolute Gasteiger partial charge is 0.507 e. The van der Waals surface area contributed by atoms with Gasteiger partial charge in [0.25, 0.3) is 0 Å². The van der Waals surface area contributed by atoms with Crippen molar-refractivity contribution in [3.8, 4) is 5.75 Å². The summed E-state index contributed by atoms with van der Waals surface area (Å²) in [6.07, 6.45) is 1.48. The van der Waals surface area contributed by atoms with Crippen molar-refractivity contribution >= 4 is 6.09 Å². The lowest BCUT2D eigenvalue weighted by Crippen LogP contribution is -2.52. The zero-order valence-corrected chi connectivity index (χ0v) is 14.7. The number of benzene rings is 1. The number of phenolic OH excluding ortho intramolecular Hbond substituents is 1. The average molecular weight is 320 g/mol. The molecular weight excluding hydrogens is 292 g/mol. The highest BCUT2D eigenvalue weighted by atomic mass is 16.6. The van der Waals surface area contributed by atoms with Crippen molar-refractivity contribution in [2.45, 2.75) is 71.7 Å². The van der Waals surface area contributed by atoms with Gasteiger partial charge in [0.05, 0.1) is 0 Å². The van der Waals surface area contributed by atoms with E-state index in [9.17, 15) is 9.90 Å². The number of carbonyl (C=O) groups excluding carboxylic acids is 1. The fraction of sp³-hybridized carbons (Fsp3) is 0.611. The van der Waals surface area contributed by atoms with E-state index in [4.69, 9.17) is 4.74 Å². The highest BCUT2D eigenvalue weighted by molar-refractivity contribution is 5.68. The number of aromatic hydroxyl groups is 1. The first-order chi connectivity index (χ1) is 10.6. The van der Waals surface area contributed by atoms with Gasteiger partial charge in [-0.2, -0.15) is 0 Å². The van der Waals surface area contributed by atoms with E-state index in [1.54, 1.807) is 0 Å². The zero-order valence-electron chi connectivity index (χ0n) is 14.7. The summed E-state index contributed by atoms with van der Waals surface area (Å²) in [5.74, 6) is 0.374. The molecule has 23 heavy (non-hydrogen) atoms. The number of rotatable bonds is 4. The van der Waals surface area contributed by atoms with E-state index in [2.05, 4.69) is 10.6 Å². The van der Waals surface area contributed by atoms with Crippen molar-refractivity contribution < 1.29 is 14.6 Å². The maximum Gasteiger partial charge on any atom is 0.407 e. The third kappa shape index (κ3) is 5.13. The van der Waals surface area contributed by atoms with E-state index in [0.717, 1.165) is 30.5 Å². The molecule has 1 aromatic rings. The Kier molecular flexibility index (Phi) is 5.19. The molecule has 5 nitrogen and oxygen atoms in total. The van der Waals surface area contributed by atoms with Gasteiger partial charge in [0, 0.05) is 18.6 Å². The lowest BCUT2D eigenvalue weighted by atomic mass is 9.86. The predicted molar refractivity (Wildman–Crippen MR) is 90.6 cm³/mol. The molecule has 0 unspecified atom stereocenters. The summed E-state index contributed by atoms with van der Waals surface area (Å²) in [5.41, 5.74) is 2.51. The van der Waals surface area contributed by atoms with Crippen LogP contribution in [0.25, 0.3) is 0 Å². The van der Waals surface area contributed by atoms with E-state index >= 15 is 0 Å². The van der Waals surface area contributed by atoms with E-state index in [1.807, 2.05) is 46.8 Å². The molecule has 1 fully saturated rings. The number of phenols is 1. The first-order valence-electron chi connectivity index (χ1n) is 8.16. The maximum atomic E-state index is 11.7. The van der Waals surface area contributed by atoms with Gasteiger partial charge >= 0.3 is 6.09 Å². The molecule has 3 N–H and O–H groups in total. The van der Waals surface area contributed by atoms with Crippen LogP contribution in [0.5, 0.6) is 5.75 Å². The fourth-order valence-electron chi connectivity index (χ4n) is 2.79. The average Bonchev–Trinajstić information content (AvgIpc) is 2.36. The quantitative estimate of drug-likeness (QED) is 0.797. The first kappa shape index (κ1) is 17.6. The van der Waals surface area contributed by atoms with E-state index in [-0.39, 0.29) is 12.1 Å². The Morgan fingerprint density at radius 2 is 1.78 bits per heavy atom. The molecule has 0 aromatic heterocycles. The number of amides is 1. The van der Waals surface area contributed by atoms with Crippen molar-refractivity contribution in [3.05, 3.63) is 28.8 Å². The third-order valence-electron chi connectivity index (χ3n) is 4.00. The SMILES string of the molecule is Cc1cc(CNC2CC(NC(=O)OC(C)(C)C)C2)cc(C)c1O. The summed E-state index contributed by atoms with van der Waals surface area (Å²) in [6, 6.07) is 4.60. The predicted octanol–water partition coefficient (Wildman–Crippen LogP) is 3.15. The maximum absolute atomic E-state index is 11.7. The molecule has 0 aliphatic heterocycles. The van der Waals surface area contributed by atoms with Crippen LogP contribution in [-0.4, -0.2) is 28.9 Å². The van der Waals surface area contributed by atoms with Crippen LogP contribution in [0.2, 0.25) is 0 Å². The molecule has 1 aromatic carbocycles. The number of alkyl carbamates (subject to hydrolysis) is 1. The fourth-order valence-corrected chi connectivity index (χ4v) is 2.79. The minimum Gasteiger partial charge on any atom is -0.507 e. The minimum absolute atomic E-state index is 0.186. The second kappa shape index (κ2) is 6.79. The van der Waals surface area contributed by atoms with Crippen LogP contribution in [-0.2, 0) is 11.3 Å². The van der Waals surface area contributed by atoms with Gasteiger partial charge < -0.3 is 20.5 Å². The summed E-state index contributed by atoms with van der Waals surface area (Å²) in [4.78, 5) is 11.7. The van der Waals surface area contributed by atoms with Crippen molar-refractivity contribution in [3.63, 3.8) is 0 Å². The number of nitrogens with one attached hydrogen (secondary N) is 2. The third-order valence-corrected chi connectivity index (χ3v) is 4.00. The number of carbonyl (C=O) groups is 1. The summed E-state index contributed by atoms with van der Waals surface area (Å²) in [7, 11) is 0. The second-order valence-corrected chi connectivity index (χ2v) is 7.47. The van der Waals surface area contributed by atoms with Crippen LogP contribution >= 0.6 is 0 Å². The van der Waals surface area contributed by atoms with Gasteiger partial charge in [0.2, 0.25) is 0 Å². The Balaban J connectivity index is 1.72. The Morgan fingerprint density at radius 1 is 1.22 bits per heavy atom. The Labute approximate surface area is 138 Å². The molecule has 2 rings (SSSR count). The highest BCUT2D eigenvalue weighted by Gasteiger charge is 2.31. The molecule has 5 heteroatoms. The number of hydrogen-bond acceptors (Lipinski definition) is 4. The molecule has 1 aliphatic carbocycles.